The summed E-state index contributed by atoms with van der Waals surface area (Å²) in [5.74, 6) is 0.608. The molecule has 0 bridgehead atoms. The van der Waals surface area contributed by atoms with Gasteiger partial charge in [-0.25, -0.2) is 9.97 Å². The number of hydrogen-bond donors (Lipinski definition) is 1. The molecule has 1 saturated heterocycles. The van der Waals surface area contributed by atoms with Gasteiger partial charge in [-0.15, -0.1) is 0 Å². The minimum atomic E-state index is -0.0644. The third kappa shape index (κ3) is 3.07. The first-order valence-electron chi connectivity index (χ1n) is 7.28. The van der Waals surface area contributed by atoms with Crippen LogP contribution >= 0.6 is 0 Å². The van der Waals surface area contributed by atoms with Crippen LogP contribution in [0.15, 0.2) is 12.4 Å². The van der Waals surface area contributed by atoms with Gasteiger partial charge in [0.25, 0.3) is 5.91 Å². The summed E-state index contributed by atoms with van der Waals surface area (Å²) in [5.41, 5.74) is 0.536. The van der Waals surface area contributed by atoms with Gasteiger partial charge >= 0.3 is 0 Å². The van der Waals surface area contributed by atoms with Gasteiger partial charge in [-0.3, -0.25) is 4.79 Å². The van der Waals surface area contributed by atoms with Gasteiger partial charge in [0, 0.05) is 31.5 Å². The number of anilines is 1. The second kappa shape index (κ2) is 6.17. The maximum absolute atomic E-state index is 12.1. The Bertz CT molecular complexity index is 451. The smallest absolute Gasteiger partial charge is 0.254 e. The minimum Gasteiger partial charge on any atom is -0.378 e. The number of ether oxygens (including phenoxy) is 1. The average Bonchev–Trinajstić information content (AvgIpc) is 3.01. The highest BCUT2D eigenvalue weighted by molar-refractivity contribution is 5.93. The van der Waals surface area contributed by atoms with Gasteiger partial charge in [0.05, 0.1) is 18.8 Å². The number of carbonyl (C=O) groups excluding carboxylic acids is 1. The summed E-state index contributed by atoms with van der Waals surface area (Å²) < 4.78 is 5.30. The van der Waals surface area contributed by atoms with Crippen LogP contribution in [-0.2, 0) is 4.74 Å². The van der Waals surface area contributed by atoms with Crippen LogP contribution in [0.25, 0.3) is 0 Å². The molecule has 1 amide bonds. The molecule has 1 aromatic rings. The number of amides is 1. The van der Waals surface area contributed by atoms with Gasteiger partial charge < -0.3 is 15.0 Å². The molecule has 2 fully saturated rings. The molecule has 1 aromatic heterocycles. The molecule has 6 nitrogen and oxygen atoms in total. The number of aromatic nitrogens is 2. The normalized spacial score (nSPS) is 20.1. The summed E-state index contributed by atoms with van der Waals surface area (Å²) in [7, 11) is 0. The molecule has 0 aromatic carbocycles. The zero-order valence-corrected chi connectivity index (χ0v) is 11.5. The summed E-state index contributed by atoms with van der Waals surface area (Å²) >= 11 is 0. The largest absolute Gasteiger partial charge is 0.378 e. The molecule has 1 aliphatic carbocycles. The summed E-state index contributed by atoms with van der Waals surface area (Å²) in [6.07, 6.45) is 7.80. The summed E-state index contributed by atoms with van der Waals surface area (Å²) in [5, 5.41) is 3.04. The van der Waals surface area contributed by atoms with E-state index in [0.717, 1.165) is 25.9 Å². The van der Waals surface area contributed by atoms with Crippen molar-refractivity contribution in [3.8, 4) is 0 Å². The first-order chi connectivity index (χ1) is 9.83. The molecule has 108 valence electrons. The quantitative estimate of drug-likeness (QED) is 0.891. The second-order valence-corrected chi connectivity index (χ2v) is 5.33. The van der Waals surface area contributed by atoms with Crippen LogP contribution in [0, 0.1) is 0 Å². The van der Waals surface area contributed by atoms with E-state index < -0.39 is 0 Å². The van der Waals surface area contributed by atoms with Crippen LogP contribution in [0.4, 0.5) is 5.95 Å². The van der Waals surface area contributed by atoms with Crippen molar-refractivity contribution in [3.63, 3.8) is 0 Å². The number of nitrogens with one attached hydrogen (secondary N) is 1. The lowest BCUT2D eigenvalue weighted by Crippen LogP contribution is -2.37. The number of morpholine rings is 1. The van der Waals surface area contributed by atoms with Crippen molar-refractivity contribution in [1.82, 2.24) is 15.3 Å². The topological polar surface area (TPSA) is 67.4 Å². The van der Waals surface area contributed by atoms with E-state index in [2.05, 4.69) is 20.2 Å². The van der Waals surface area contributed by atoms with Crippen LogP contribution in [0.3, 0.4) is 0 Å². The summed E-state index contributed by atoms with van der Waals surface area (Å²) in [6.45, 7) is 3.00. The van der Waals surface area contributed by atoms with Crippen LogP contribution < -0.4 is 10.2 Å². The molecule has 0 atom stereocenters. The highest BCUT2D eigenvalue weighted by Gasteiger charge is 2.19. The predicted molar refractivity (Wildman–Crippen MR) is 74.8 cm³/mol. The van der Waals surface area contributed by atoms with E-state index in [-0.39, 0.29) is 5.91 Å². The summed E-state index contributed by atoms with van der Waals surface area (Å²) in [4.78, 5) is 22.7. The number of rotatable bonds is 3. The fourth-order valence-electron chi connectivity index (χ4n) is 2.70. The van der Waals surface area contributed by atoms with Crippen LogP contribution in [-0.4, -0.2) is 48.2 Å². The molecular formula is C14H20N4O2. The van der Waals surface area contributed by atoms with Gasteiger partial charge in [0.2, 0.25) is 5.95 Å². The van der Waals surface area contributed by atoms with Crippen molar-refractivity contribution in [3.05, 3.63) is 18.0 Å². The van der Waals surface area contributed by atoms with Gasteiger partial charge in [0.15, 0.2) is 0 Å². The van der Waals surface area contributed by atoms with E-state index in [0.29, 0.717) is 30.8 Å². The molecule has 6 heteroatoms. The second-order valence-electron chi connectivity index (χ2n) is 5.33. The van der Waals surface area contributed by atoms with E-state index in [1.807, 2.05) is 0 Å². The number of nitrogens with zero attached hydrogens (tertiary/aromatic N) is 3. The first kappa shape index (κ1) is 13.3. The molecule has 0 unspecified atom stereocenters. The van der Waals surface area contributed by atoms with E-state index in [4.69, 9.17) is 4.74 Å². The van der Waals surface area contributed by atoms with Crippen molar-refractivity contribution in [1.29, 1.82) is 0 Å². The van der Waals surface area contributed by atoms with E-state index in [1.165, 1.54) is 12.8 Å². The van der Waals surface area contributed by atoms with Crippen molar-refractivity contribution >= 4 is 11.9 Å². The molecule has 3 rings (SSSR count). The Balaban J connectivity index is 1.61. The lowest BCUT2D eigenvalue weighted by molar-refractivity contribution is 0.0937. The molecular weight excluding hydrogens is 256 g/mol. The zero-order valence-electron chi connectivity index (χ0n) is 11.5. The summed E-state index contributed by atoms with van der Waals surface area (Å²) in [6, 6.07) is 0.321. The molecule has 1 saturated carbocycles. The average molecular weight is 276 g/mol. The van der Waals surface area contributed by atoms with Crippen LogP contribution in [0.1, 0.15) is 36.0 Å². The maximum atomic E-state index is 12.1. The van der Waals surface area contributed by atoms with Crippen molar-refractivity contribution in [2.45, 2.75) is 31.7 Å². The van der Waals surface area contributed by atoms with Gasteiger partial charge in [-0.2, -0.15) is 0 Å². The first-order valence-corrected chi connectivity index (χ1v) is 7.28. The highest BCUT2D eigenvalue weighted by Crippen LogP contribution is 2.18. The lowest BCUT2D eigenvalue weighted by atomic mass is 10.2. The minimum absolute atomic E-state index is 0.0644. The Morgan fingerprint density at radius 3 is 2.50 bits per heavy atom. The molecule has 1 aliphatic heterocycles. The van der Waals surface area contributed by atoms with Gasteiger partial charge in [0.1, 0.15) is 0 Å². The van der Waals surface area contributed by atoms with E-state index >= 15 is 0 Å². The SMILES string of the molecule is O=C(NC1CCCC1)c1cnc(N2CCOCC2)nc1. The van der Waals surface area contributed by atoms with Crippen molar-refractivity contribution in [2.24, 2.45) is 0 Å². The predicted octanol–water partition coefficient (Wildman–Crippen LogP) is 0.986. The molecule has 2 aliphatic rings. The Morgan fingerprint density at radius 1 is 1.20 bits per heavy atom. The maximum Gasteiger partial charge on any atom is 0.254 e. The van der Waals surface area contributed by atoms with Crippen LogP contribution in [0.2, 0.25) is 0 Å². The van der Waals surface area contributed by atoms with E-state index in [9.17, 15) is 4.79 Å². The zero-order chi connectivity index (χ0) is 13.8. The Kier molecular flexibility index (Phi) is 4.11. The Hall–Kier alpha value is -1.69. The third-order valence-corrected chi connectivity index (χ3v) is 3.88. The van der Waals surface area contributed by atoms with Crippen molar-refractivity contribution in [2.75, 3.05) is 31.2 Å². The fourth-order valence-corrected chi connectivity index (χ4v) is 2.70. The standard InChI is InChI=1S/C14H20N4O2/c19-13(17-12-3-1-2-4-12)11-9-15-14(16-10-11)18-5-7-20-8-6-18/h9-10,12H,1-8H2,(H,17,19). The molecule has 20 heavy (non-hydrogen) atoms. The third-order valence-electron chi connectivity index (χ3n) is 3.88. The monoisotopic (exact) mass is 276 g/mol. The Labute approximate surface area is 118 Å². The van der Waals surface area contributed by atoms with Crippen LogP contribution in [0.5, 0.6) is 0 Å². The molecule has 0 spiro atoms. The number of hydrogen-bond acceptors (Lipinski definition) is 5. The van der Waals surface area contributed by atoms with Gasteiger partial charge in [-0.05, 0) is 12.8 Å². The molecule has 0 radical (unpaired) electrons. The van der Waals surface area contributed by atoms with Gasteiger partial charge in [-0.1, -0.05) is 12.8 Å². The lowest BCUT2D eigenvalue weighted by Gasteiger charge is -2.26. The van der Waals surface area contributed by atoms with E-state index in [1.54, 1.807) is 12.4 Å². The molecule has 1 N–H and O–H groups in total. The Morgan fingerprint density at radius 2 is 1.85 bits per heavy atom. The number of carbonyl (C=O) groups is 1. The van der Waals surface area contributed by atoms with Crippen molar-refractivity contribution < 1.29 is 9.53 Å². The molecule has 2 heterocycles. The fraction of sp³-hybridized carbons (Fsp3) is 0.643. The highest BCUT2D eigenvalue weighted by atomic mass is 16.5.